The average Bonchev–Trinajstić information content (AvgIpc) is 2.42. The van der Waals surface area contributed by atoms with Gasteiger partial charge in [0, 0.05) is 12.3 Å². The van der Waals surface area contributed by atoms with Crippen LogP contribution in [0.5, 0.6) is 0 Å². The first-order chi connectivity index (χ1) is 6.33. The van der Waals surface area contributed by atoms with Crippen LogP contribution in [0.2, 0.25) is 0 Å². The molecule has 1 aliphatic carbocycles. The van der Waals surface area contributed by atoms with Crippen molar-refractivity contribution in [2.45, 2.75) is 38.5 Å². The van der Waals surface area contributed by atoms with Gasteiger partial charge in [-0.25, -0.2) is 0 Å². The maximum atomic E-state index is 5.60. The summed E-state index contributed by atoms with van der Waals surface area (Å²) < 4.78 is 0. The molecule has 0 saturated heterocycles. The summed E-state index contributed by atoms with van der Waals surface area (Å²) in [6, 6.07) is 0. The lowest BCUT2D eigenvalue weighted by Gasteiger charge is -2.10. The second kappa shape index (κ2) is 6.30. The minimum absolute atomic E-state index is 0.590. The normalized spacial score (nSPS) is 21.5. The molecule has 0 atom stereocenters. The number of amidine groups is 1. The summed E-state index contributed by atoms with van der Waals surface area (Å²) in [5.74, 6) is 2.06. The molecule has 0 amide bonds. The zero-order valence-corrected chi connectivity index (χ0v) is 9.10. The SMILES string of the molecule is NC(CS)=NCC1CCCCCC1. The molecule has 0 heterocycles. The Morgan fingerprint density at radius 1 is 1.23 bits per heavy atom. The van der Waals surface area contributed by atoms with Crippen LogP contribution in [-0.2, 0) is 0 Å². The smallest absolute Gasteiger partial charge is 0.103 e. The number of nitrogens with two attached hydrogens (primary N) is 1. The molecule has 0 bridgehead atoms. The maximum Gasteiger partial charge on any atom is 0.103 e. The first-order valence-corrected chi connectivity index (χ1v) is 5.86. The monoisotopic (exact) mass is 200 g/mol. The number of hydrogen-bond donors (Lipinski definition) is 2. The third-order valence-electron chi connectivity index (χ3n) is 2.69. The van der Waals surface area contributed by atoms with Crippen LogP contribution in [-0.4, -0.2) is 18.1 Å². The van der Waals surface area contributed by atoms with Crippen LogP contribution in [0.15, 0.2) is 4.99 Å². The van der Waals surface area contributed by atoms with Gasteiger partial charge in [0.1, 0.15) is 5.84 Å². The predicted molar refractivity (Wildman–Crippen MR) is 61.5 cm³/mol. The summed E-state index contributed by atoms with van der Waals surface area (Å²) in [7, 11) is 0. The summed E-state index contributed by atoms with van der Waals surface area (Å²) >= 11 is 4.08. The average molecular weight is 200 g/mol. The van der Waals surface area contributed by atoms with Gasteiger partial charge in [-0.1, -0.05) is 25.7 Å². The van der Waals surface area contributed by atoms with Crippen LogP contribution in [0.25, 0.3) is 0 Å². The van der Waals surface area contributed by atoms with Crippen molar-refractivity contribution in [2.24, 2.45) is 16.6 Å². The summed E-state index contributed by atoms with van der Waals surface area (Å²) in [5, 5.41) is 0. The Balaban J connectivity index is 2.26. The first-order valence-electron chi connectivity index (χ1n) is 5.22. The van der Waals surface area contributed by atoms with Crippen LogP contribution in [0.1, 0.15) is 38.5 Å². The summed E-state index contributed by atoms with van der Waals surface area (Å²) in [5.41, 5.74) is 5.60. The van der Waals surface area contributed by atoms with Gasteiger partial charge in [-0.2, -0.15) is 12.6 Å². The Labute approximate surface area is 86.4 Å². The third kappa shape index (κ3) is 4.55. The van der Waals surface area contributed by atoms with Crippen molar-refractivity contribution >= 4 is 18.5 Å². The van der Waals surface area contributed by atoms with Crippen molar-refractivity contribution in [1.82, 2.24) is 0 Å². The van der Waals surface area contributed by atoms with Crippen LogP contribution in [0, 0.1) is 5.92 Å². The van der Waals surface area contributed by atoms with Crippen molar-refractivity contribution in [3.63, 3.8) is 0 Å². The molecule has 1 rings (SSSR count). The first kappa shape index (κ1) is 10.9. The van der Waals surface area contributed by atoms with Gasteiger partial charge >= 0.3 is 0 Å². The van der Waals surface area contributed by atoms with Crippen molar-refractivity contribution in [1.29, 1.82) is 0 Å². The highest BCUT2D eigenvalue weighted by atomic mass is 32.1. The molecule has 0 aromatic heterocycles. The number of nitrogens with zero attached hydrogens (tertiary/aromatic N) is 1. The Bertz CT molecular complexity index is 160. The summed E-state index contributed by atoms with van der Waals surface area (Å²) in [4.78, 5) is 4.33. The van der Waals surface area contributed by atoms with E-state index in [0.717, 1.165) is 12.5 Å². The lowest BCUT2D eigenvalue weighted by Crippen LogP contribution is -2.16. The molecule has 1 fully saturated rings. The van der Waals surface area contributed by atoms with E-state index < -0.39 is 0 Å². The Morgan fingerprint density at radius 3 is 2.38 bits per heavy atom. The quantitative estimate of drug-likeness (QED) is 0.312. The van der Waals surface area contributed by atoms with Crippen LogP contribution < -0.4 is 5.73 Å². The lowest BCUT2D eigenvalue weighted by atomic mass is 10.0. The molecule has 0 aliphatic heterocycles. The van der Waals surface area contributed by atoms with Crippen molar-refractivity contribution in [2.75, 3.05) is 12.3 Å². The fraction of sp³-hybridized carbons (Fsp3) is 0.900. The molecule has 0 aromatic rings. The van der Waals surface area contributed by atoms with Gasteiger partial charge in [-0.05, 0) is 18.8 Å². The van der Waals surface area contributed by atoms with E-state index in [4.69, 9.17) is 5.73 Å². The van der Waals surface area contributed by atoms with Crippen molar-refractivity contribution in [3.05, 3.63) is 0 Å². The number of thiol groups is 1. The standard InChI is InChI=1S/C10H20N2S/c11-10(8-13)12-7-9-5-3-1-2-4-6-9/h9,13H,1-8H2,(H2,11,12). The molecular formula is C10H20N2S. The van der Waals surface area contributed by atoms with Crippen molar-refractivity contribution in [3.8, 4) is 0 Å². The third-order valence-corrected chi connectivity index (χ3v) is 3.01. The Hall–Kier alpha value is -0.180. The van der Waals surface area contributed by atoms with Gasteiger partial charge in [-0.15, -0.1) is 0 Å². The zero-order valence-electron chi connectivity index (χ0n) is 8.21. The molecule has 1 saturated carbocycles. The fourth-order valence-corrected chi connectivity index (χ4v) is 1.94. The predicted octanol–water partition coefficient (Wildman–Crippen LogP) is 2.24. The molecule has 0 aromatic carbocycles. The Kier molecular flexibility index (Phi) is 5.28. The molecule has 3 heteroatoms. The lowest BCUT2D eigenvalue weighted by molar-refractivity contribution is 0.472. The zero-order chi connectivity index (χ0) is 9.52. The topological polar surface area (TPSA) is 38.4 Å². The number of aliphatic imine (C=N–C) groups is 1. The van der Waals surface area contributed by atoms with E-state index in [2.05, 4.69) is 17.6 Å². The Morgan fingerprint density at radius 2 is 1.85 bits per heavy atom. The fourth-order valence-electron chi connectivity index (χ4n) is 1.84. The van der Waals surface area contributed by atoms with Crippen molar-refractivity contribution < 1.29 is 0 Å². The van der Waals surface area contributed by atoms with Crippen LogP contribution in [0.3, 0.4) is 0 Å². The maximum absolute atomic E-state index is 5.60. The van der Waals surface area contributed by atoms with Crippen LogP contribution in [0.4, 0.5) is 0 Å². The van der Waals surface area contributed by atoms with Gasteiger partial charge in [0.15, 0.2) is 0 Å². The van der Waals surface area contributed by atoms with Gasteiger partial charge in [-0.3, -0.25) is 4.99 Å². The van der Waals surface area contributed by atoms with Gasteiger partial charge in [0.25, 0.3) is 0 Å². The molecule has 2 nitrogen and oxygen atoms in total. The highest BCUT2D eigenvalue weighted by molar-refractivity contribution is 7.81. The molecule has 0 radical (unpaired) electrons. The van der Waals surface area contributed by atoms with E-state index in [1.165, 1.54) is 38.5 Å². The molecule has 2 N–H and O–H groups in total. The van der Waals surface area contributed by atoms with Gasteiger partial charge < -0.3 is 5.73 Å². The van der Waals surface area contributed by atoms with Crippen LogP contribution >= 0.6 is 12.6 Å². The summed E-state index contributed by atoms with van der Waals surface area (Å²) in [6.45, 7) is 0.923. The molecular weight excluding hydrogens is 180 g/mol. The number of hydrogen-bond acceptors (Lipinski definition) is 2. The second-order valence-corrected chi connectivity index (χ2v) is 4.16. The minimum Gasteiger partial charge on any atom is -0.387 e. The number of rotatable bonds is 3. The largest absolute Gasteiger partial charge is 0.387 e. The van der Waals surface area contributed by atoms with E-state index in [1.54, 1.807) is 0 Å². The summed E-state index contributed by atoms with van der Waals surface area (Å²) in [6.07, 6.45) is 8.24. The van der Waals surface area contributed by atoms with Gasteiger partial charge in [0.05, 0.1) is 0 Å². The molecule has 0 spiro atoms. The van der Waals surface area contributed by atoms with E-state index in [0.29, 0.717) is 11.6 Å². The van der Waals surface area contributed by atoms with E-state index in [1.807, 2.05) is 0 Å². The highest BCUT2D eigenvalue weighted by Gasteiger charge is 2.11. The molecule has 1 aliphatic rings. The molecule has 13 heavy (non-hydrogen) atoms. The van der Waals surface area contributed by atoms with E-state index in [-0.39, 0.29) is 0 Å². The van der Waals surface area contributed by atoms with Gasteiger partial charge in [0.2, 0.25) is 0 Å². The highest BCUT2D eigenvalue weighted by Crippen LogP contribution is 2.22. The molecule has 0 unspecified atom stereocenters. The molecule has 76 valence electrons. The van der Waals surface area contributed by atoms with E-state index in [9.17, 15) is 0 Å². The second-order valence-electron chi connectivity index (χ2n) is 3.85. The van der Waals surface area contributed by atoms with E-state index >= 15 is 0 Å². The minimum atomic E-state index is 0.590.